The Morgan fingerprint density at radius 2 is 1.24 bits per heavy atom. The number of unbranched alkanes of at least 4 members (excludes halogenated alkanes) is 7. The molecule has 0 saturated carbocycles. The smallest absolute Gasteiger partial charge is 0.303 e. The lowest BCUT2D eigenvalue weighted by molar-refractivity contribution is -0.142. The summed E-state index contributed by atoms with van der Waals surface area (Å²) >= 11 is 0. The number of benzene rings is 2. The van der Waals surface area contributed by atoms with Crippen LogP contribution in [-0.2, 0) is 76.8 Å². The third kappa shape index (κ3) is 27.6. The lowest BCUT2D eigenvalue weighted by Gasteiger charge is -2.30. The number of H-pyrrole nitrogens is 2. The number of carboxylic acids is 1. The molecule has 548 valence electrons. The first-order valence-corrected chi connectivity index (χ1v) is 34.0. The fraction of sp³-hybridized carbons (Fsp3) is 0.552. The monoisotopic (exact) mass is 1400 g/mol. The van der Waals surface area contributed by atoms with Gasteiger partial charge in [-0.15, -0.1) is 0 Å². The predicted molar refractivity (Wildman–Crippen MR) is 368 cm³/mol. The van der Waals surface area contributed by atoms with Crippen LogP contribution >= 0.6 is 0 Å². The van der Waals surface area contributed by atoms with E-state index >= 15 is 0 Å². The summed E-state index contributed by atoms with van der Waals surface area (Å²) in [5.74, 6) is -11.2. The van der Waals surface area contributed by atoms with Crippen LogP contribution < -0.4 is 70.8 Å². The number of hydrogen-bond donors (Lipinski definition) is 18. The number of aliphatic hydroxyl groups excluding tert-OH is 1. The van der Waals surface area contributed by atoms with Crippen molar-refractivity contribution >= 4 is 87.8 Å². The molecule has 2 aromatic carbocycles. The number of aromatic nitrogens is 3. The Bertz CT molecular complexity index is 3400. The van der Waals surface area contributed by atoms with Gasteiger partial charge in [0.15, 0.2) is 5.96 Å². The first-order chi connectivity index (χ1) is 47.8. The maximum atomic E-state index is 14.7. The van der Waals surface area contributed by atoms with Crippen molar-refractivity contribution in [2.45, 2.75) is 197 Å². The number of nitrogens with one attached hydrogen (secondary N) is 11. The molecular weight excluding hydrogens is 1300 g/mol. The number of nitrogens with two attached hydrogens (primary N) is 4. The van der Waals surface area contributed by atoms with Crippen LogP contribution in [0.25, 0.3) is 10.9 Å². The number of aliphatic hydroxyl groups is 1. The Labute approximate surface area is 579 Å². The van der Waals surface area contributed by atoms with Gasteiger partial charge < -0.3 is 101 Å². The minimum atomic E-state index is -1.83. The van der Waals surface area contributed by atoms with Gasteiger partial charge >= 0.3 is 5.97 Å². The average Bonchev–Trinajstić information content (AvgIpc) is 1.89. The molecule has 1 saturated heterocycles. The van der Waals surface area contributed by atoms with Crippen LogP contribution in [0, 0.1) is 5.92 Å². The number of guanidine groups is 1. The highest BCUT2D eigenvalue weighted by molar-refractivity contribution is 5.99. The summed E-state index contributed by atoms with van der Waals surface area (Å²) in [6.07, 6.45) is 11.8. The van der Waals surface area contributed by atoms with E-state index in [-0.39, 0.29) is 82.1 Å². The number of phenols is 1. The lowest BCUT2D eigenvalue weighted by Crippen LogP contribution is -2.61. The molecule has 1 fully saturated rings. The number of phenolic OH excluding ortho intramolecular Hbond substituents is 1. The molecule has 0 bridgehead atoms. The summed E-state index contributed by atoms with van der Waals surface area (Å²) in [6, 6.07) is 0.0639. The Balaban J connectivity index is 1.34. The number of imidazole rings is 1. The largest absolute Gasteiger partial charge is 0.508 e. The number of aliphatic carboxylic acids is 1. The van der Waals surface area contributed by atoms with E-state index in [4.69, 9.17) is 22.9 Å². The molecule has 0 spiro atoms. The zero-order chi connectivity index (χ0) is 73.3. The molecule has 1 aliphatic heterocycles. The molecule has 3 heterocycles. The SMILES string of the molecule is CCCCCCCCCCC(N)C(=O)N[C@@H](CCC(=O)O)C(=O)N[C@@H](Cc1cnc[nH]1)C(=O)N[C@@H](Cc1c[nH]c2ccccc12)C(=O)N[C@@H](CO)C(=O)N[C@@H](Cc1ccc(O)cc1)C(=O)NCC(=O)N[C@@H](CC(C)C)C(=O)N[C@@H](CCCN=C(N)N)C(=O)N1CCC[C@H]1C(=O)NCC(N)=O. The van der Waals surface area contributed by atoms with Crippen LogP contribution in [0.2, 0.25) is 0 Å². The van der Waals surface area contributed by atoms with E-state index in [1.54, 1.807) is 44.3 Å². The van der Waals surface area contributed by atoms with Gasteiger partial charge in [-0.2, -0.15) is 0 Å². The number of aromatic amines is 2. The maximum Gasteiger partial charge on any atom is 0.303 e. The first kappa shape index (κ1) is 80.5. The average molecular weight is 1400 g/mol. The number of nitrogens with zero attached hydrogens (tertiary/aromatic N) is 3. The molecule has 22 N–H and O–H groups in total. The first-order valence-electron chi connectivity index (χ1n) is 34.0. The van der Waals surface area contributed by atoms with E-state index in [0.29, 0.717) is 47.0 Å². The van der Waals surface area contributed by atoms with Crippen LogP contribution in [0.15, 0.2) is 72.2 Å². The summed E-state index contributed by atoms with van der Waals surface area (Å²) in [6.45, 7) is 3.61. The van der Waals surface area contributed by atoms with Crippen LogP contribution in [0.5, 0.6) is 5.75 Å². The van der Waals surface area contributed by atoms with Crippen molar-refractivity contribution in [2.75, 3.05) is 32.8 Å². The van der Waals surface area contributed by atoms with Crippen molar-refractivity contribution in [1.82, 2.24) is 67.7 Å². The molecular formula is C67H100N18O15. The van der Waals surface area contributed by atoms with Crippen LogP contribution in [0.4, 0.5) is 0 Å². The highest BCUT2D eigenvalue weighted by atomic mass is 16.4. The van der Waals surface area contributed by atoms with Crippen molar-refractivity contribution in [2.24, 2.45) is 33.8 Å². The van der Waals surface area contributed by atoms with Gasteiger partial charge in [-0.3, -0.25) is 62.5 Å². The summed E-state index contributed by atoms with van der Waals surface area (Å²) in [4.78, 5) is 180. The summed E-state index contributed by atoms with van der Waals surface area (Å²) < 4.78 is 0. The molecule has 5 rings (SSSR count). The van der Waals surface area contributed by atoms with Crippen LogP contribution in [-0.4, -0.2) is 199 Å². The van der Waals surface area contributed by atoms with Gasteiger partial charge in [0.1, 0.15) is 54.1 Å². The molecule has 100 heavy (non-hydrogen) atoms. The molecule has 2 aromatic heterocycles. The minimum absolute atomic E-state index is 0.00196. The third-order valence-corrected chi connectivity index (χ3v) is 16.8. The number of likely N-dealkylation sites (tertiary alicyclic amines) is 1. The van der Waals surface area contributed by atoms with Crippen molar-refractivity contribution in [3.05, 3.63) is 84.1 Å². The summed E-state index contributed by atoms with van der Waals surface area (Å²) in [5.41, 5.74) is 24.4. The Hall–Kier alpha value is -10.2. The molecule has 1 unspecified atom stereocenters. The number of aliphatic imine (C=N–C) groups is 1. The number of fused-ring (bicyclic) bond motifs is 1. The number of amides is 11. The number of carbonyl (C=O) groups excluding carboxylic acids is 11. The fourth-order valence-corrected chi connectivity index (χ4v) is 11.4. The van der Waals surface area contributed by atoms with Gasteiger partial charge in [-0.25, -0.2) is 4.98 Å². The third-order valence-electron chi connectivity index (χ3n) is 16.8. The van der Waals surface area contributed by atoms with Gasteiger partial charge in [0, 0.05) is 67.8 Å². The highest BCUT2D eigenvalue weighted by Gasteiger charge is 2.39. The van der Waals surface area contributed by atoms with Gasteiger partial charge in [0.25, 0.3) is 0 Å². The van der Waals surface area contributed by atoms with Crippen LogP contribution in [0.3, 0.4) is 0 Å². The Morgan fingerprint density at radius 3 is 1.87 bits per heavy atom. The Morgan fingerprint density at radius 1 is 0.640 bits per heavy atom. The van der Waals surface area contributed by atoms with E-state index in [1.807, 2.05) is 0 Å². The van der Waals surface area contributed by atoms with Gasteiger partial charge in [0.05, 0.1) is 32.1 Å². The van der Waals surface area contributed by atoms with E-state index < -0.39 is 151 Å². The number of carboxylic acid groups (broad SMARTS) is 1. The van der Waals surface area contributed by atoms with E-state index in [1.165, 1.54) is 41.7 Å². The second kappa shape index (κ2) is 41.9. The van der Waals surface area contributed by atoms with Crippen molar-refractivity contribution in [1.29, 1.82) is 0 Å². The molecule has 33 nitrogen and oxygen atoms in total. The molecule has 4 aromatic rings. The van der Waals surface area contributed by atoms with Crippen LogP contribution in [0.1, 0.15) is 140 Å². The molecule has 0 aliphatic carbocycles. The van der Waals surface area contributed by atoms with E-state index in [9.17, 15) is 72.9 Å². The maximum absolute atomic E-state index is 14.7. The van der Waals surface area contributed by atoms with E-state index in [0.717, 1.165) is 44.9 Å². The van der Waals surface area contributed by atoms with Crippen molar-refractivity contribution in [3.63, 3.8) is 0 Å². The zero-order valence-electron chi connectivity index (χ0n) is 57.0. The molecule has 1 aliphatic rings. The number of para-hydroxylation sites is 1. The number of aromatic hydroxyl groups is 1. The number of hydrogen-bond acceptors (Lipinski definition) is 17. The topological polar surface area (TPSA) is 538 Å². The van der Waals surface area contributed by atoms with Crippen molar-refractivity contribution in [3.8, 4) is 5.75 Å². The minimum Gasteiger partial charge on any atom is -0.508 e. The number of carbonyl (C=O) groups is 12. The highest BCUT2D eigenvalue weighted by Crippen LogP contribution is 2.22. The van der Waals surface area contributed by atoms with Gasteiger partial charge in [-0.1, -0.05) is 102 Å². The molecule has 0 radical (unpaired) electrons. The van der Waals surface area contributed by atoms with E-state index in [2.05, 4.69) is 74.7 Å². The van der Waals surface area contributed by atoms with Crippen molar-refractivity contribution < 1.29 is 72.9 Å². The normalized spacial score (nSPS) is 15.1. The standard InChI is InChI=1S/C67H100N18O15/c1-4-5-6-7-8-9-10-11-17-45(68)58(92)79-47(25-26-57(90)91)60(94)83-52(32-42-34-72-38-77-42)63(97)82-51(31-41-33-74-46-18-13-12-16-44(41)46)62(96)84-53(37-86)64(98)81-50(30-40-21-23-43(87)24-22-40)59(93)76-36-56(89)78-49(29-39(2)3)61(95)80-48(19-14-27-73-67(70)71)66(100)85-28-15-20-54(85)65(99)75-35-55(69)88/h12-13,16,18,21-24,33-34,38-39,45,47-54,74,86-87H,4-11,14-15,17,19-20,25-32,35-37,68H2,1-3H3,(H2,69,88)(H,72,77)(H,75,99)(H,76,93)(H,78,89)(H,79,92)(H,80,95)(H,81,98)(H,82,97)(H,83,94)(H,84,96)(H,90,91)(H4,70,71,73)/t45?,47-,48-,49-,50-,51-,52-,53-,54-/m0/s1. The second-order valence-electron chi connectivity index (χ2n) is 25.4. The molecule has 9 atom stereocenters. The lowest BCUT2D eigenvalue weighted by atomic mass is 10.0. The summed E-state index contributed by atoms with van der Waals surface area (Å²) in [5, 5.41) is 54.2. The fourth-order valence-electron chi connectivity index (χ4n) is 11.4. The summed E-state index contributed by atoms with van der Waals surface area (Å²) in [7, 11) is 0. The zero-order valence-corrected chi connectivity index (χ0v) is 57.0. The molecule has 11 amide bonds. The van der Waals surface area contributed by atoms with Gasteiger partial charge in [0.2, 0.25) is 65.0 Å². The second-order valence-corrected chi connectivity index (χ2v) is 25.4. The van der Waals surface area contributed by atoms with Gasteiger partial charge in [-0.05, 0) is 80.2 Å². The number of primary amides is 1. The quantitative estimate of drug-likeness (QED) is 0.0137. The molecule has 33 heteroatoms. The number of rotatable bonds is 45. The Kier molecular flexibility index (Phi) is 33.8. The predicted octanol–water partition coefficient (Wildman–Crippen LogP) is -1.46.